The third-order valence-corrected chi connectivity index (χ3v) is 1.58. The van der Waals surface area contributed by atoms with Gasteiger partial charge in [0.1, 0.15) is 0 Å². The third kappa shape index (κ3) is 6.11. The molecule has 0 spiro atoms. The quantitative estimate of drug-likeness (QED) is 0.168. The van der Waals surface area contributed by atoms with Gasteiger partial charge in [0.2, 0.25) is 11.0 Å². The standard InChI is InChI=1S/C4H2N6O3S2/c5-1-6-3(11)9-15(13)4(12)8-10-7-2-14/h(H2,6,9,11). The Morgan fingerprint density at radius 2 is 2.13 bits per heavy atom. The van der Waals surface area contributed by atoms with E-state index in [9.17, 15) is 13.8 Å². The maximum atomic E-state index is 10.9. The van der Waals surface area contributed by atoms with Crippen LogP contribution >= 0.6 is 12.2 Å². The molecule has 0 aromatic rings. The van der Waals surface area contributed by atoms with Crippen molar-refractivity contribution in [2.24, 2.45) is 15.4 Å². The van der Waals surface area contributed by atoms with Crippen LogP contribution in [0.3, 0.4) is 0 Å². The van der Waals surface area contributed by atoms with Gasteiger partial charge in [-0.3, -0.25) is 4.79 Å². The van der Waals surface area contributed by atoms with Crippen LogP contribution in [0.1, 0.15) is 0 Å². The molecule has 0 fully saturated rings. The van der Waals surface area contributed by atoms with E-state index in [0.29, 0.717) is 0 Å². The minimum Gasteiger partial charge on any atom is -0.253 e. The van der Waals surface area contributed by atoms with E-state index in [1.807, 2.05) is 0 Å². The number of thiocarbonyl (C=S) groups is 1. The van der Waals surface area contributed by atoms with Gasteiger partial charge in [-0.1, -0.05) is 10.2 Å². The summed E-state index contributed by atoms with van der Waals surface area (Å²) in [6.07, 6.45) is 1.26. The van der Waals surface area contributed by atoms with Gasteiger partial charge in [0.15, 0.2) is 6.19 Å². The number of urea groups is 1. The third-order valence-electron chi connectivity index (χ3n) is 0.725. The van der Waals surface area contributed by atoms with Crippen LogP contribution < -0.4 is 10.0 Å². The van der Waals surface area contributed by atoms with Crippen molar-refractivity contribution < 1.29 is 13.8 Å². The van der Waals surface area contributed by atoms with Gasteiger partial charge in [0.25, 0.3) is 0 Å². The summed E-state index contributed by atoms with van der Waals surface area (Å²) in [6.45, 7) is 0. The molecule has 15 heavy (non-hydrogen) atoms. The highest BCUT2D eigenvalue weighted by Crippen LogP contribution is 1.87. The number of nitriles is 1. The molecule has 1 atom stereocenters. The molecular formula is C4H2N6O3S2. The minimum atomic E-state index is -2.43. The average Bonchev–Trinajstić information content (AvgIpc) is 2.18. The van der Waals surface area contributed by atoms with E-state index in [1.54, 1.807) is 15.2 Å². The molecule has 9 nitrogen and oxygen atoms in total. The molecule has 0 aliphatic rings. The molecule has 0 heterocycles. The molecule has 0 radical (unpaired) electrons. The minimum absolute atomic E-state index is 1.10. The molecule has 0 aromatic carbocycles. The number of nitrogens with one attached hydrogen (secondary N) is 2. The Hall–Kier alpha value is -2.02. The van der Waals surface area contributed by atoms with Crippen LogP contribution in [-0.2, 0) is 11.0 Å². The summed E-state index contributed by atoms with van der Waals surface area (Å²) in [7, 11) is -2.43. The Labute approximate surface area is 90.8 Å². The first-order valence-corrected chi connectivity index (χ1v) is 4.57. The summed E-state index contributed by atoms with van der Waals surface area (Å²) in [4.78, 5) is 21.3. The van der Waals surface area contributed by atoms with E-state index >= 15 is 0 Å². The summed E-state index contributed by atoms with van der Waals surface area (Å²) < 4.78 is 12.5. The zero-order valence-electron chi connectivity index (χ0n) is 6.83. The molecule has 3 amide bonds. The van der Waals surface area contributed by atoms with Crippen molar-refractivity contribution in [1.29, 1.82) is 5.26 Å². The van der Waals surface area contributed by atoms with Crippen molar-refractivity contribution in [3.05, 3.63) is 0 Å². The van der Waals surface area contributed by atoms with Gasteiger partial charge in [0.05, 0.1) is 5.16 Å². The maximum absolute atomic E-state index is 10.9. The van der Waals surface area contributed by atoms with Crippen molar-refractivity contribution in [3.8, 4) is 6.19 Å². The van der Waals surface area contributed by atoms with Crippen molar-refractivity contribution in [2.45, 2.75) is 0 Å². The molecule has 0 rings (SSSR count). The zero-order chi connectivity index (χ0) is 11.7. The lowest BCUT2D eigenvalue weighted by molar-refractivity contribution is 0.249. The van der Waals surface area contributed by atoms with Crippen LogP contribution in [0.15, 0.2) is 15.4 Å². The Kier molecular flexibility index (Phi) is 6.39. The molecule has 11 heteroatoms. The second-order valence-electron chi connectivity index (χ2n) is 1.58. The van der Waals surface area contributed by atoms with Crippen LogP contribution in [0.4, 0.5) is 9.59 Å². The van der Waals surface area contributed by atoms with Gasteiger partial charge in [0, 0.05) is 0 Å². The first-order chi connectivity index (χ1) is 7.11. The van der Waals surface area contributed by atoms with Gasteiger partial charge >= 0.3 is 11.3 Å². The lowest BCUT2D eigenvalue weighted by Crippen LogP contribution is -2.35. The maximum Gasteiger partial charge on any atom is 0.375 e. The van der Waals surface area contributed by atoms with Crippen LogP contribution in [0, 0.1) is 11.5 Å². The summed E-state index contributed by atoms with van der Waals surface area (Å²) in [5.41, 5.74) is 0. The number of hydrogen-bond acceptors (Lipinski definition) is 6. The highest BCUT2D eigenvalue weighted by molar-refractivity contribution is 7.99. The average molecular weight is 246 g/mol. The largest absolute Gasteiger partial charge is 0.375 e. The molecular weight excluding hydrogens is 244 g/mol. The van der Waals surface area contributed by atoms with Crippen LogP contribution in [-0.4, -0.2) is 20.6 Å². The first kappa shape index (κ1) is 13.0. The van der Waals surface area contributed by atoms with Crippen LogP contribution in [0.25, 0.3) is 0 Å². The number of hydrogen-bond donors (Lipinski definition) is 2. The Morgan fingerprint density at radius 1 is 1.47 bits per heavy atom. The molecule has 1 unspecified atom stereocenters. The van der Waals surface area contributed by atoms with Crippen molar-refractivity contribution in [1.82, 2.24) is 10.0 Å². The number of carbonyl (C=O) groups excluding carboxylic acids is 2. The molecule has 78 valence electrons. The van der Waals surface area contributed by atoms with Crippen LogP contribution in [0.5, 0.6) is 0 Å². The number of carbonyl (C=O) groups is 2. The van der Waals surface area contributed by atoms with Crippen molar-refractivity contribution >= 4 is 39.6 Å². The lowest BCUT2D eigenvalue weighted by Gasteiger charge is -1.96. The monoisotopic (exact) mass is 246 g/mol. The normalized spacial score (nSPS) is 10.9. The number of isothiocyanates is 1. The highest BCUT2D eigenvalue weighted by atomic mass is 32.2. The molecule has 0 saturated heterocycles. The van der Waals surface area contributed by atoms with E-state index in [2.05, 4.69) is 27.7 Å². The smallest absolute Gasteiger partial charge is 0.253 e. The predicted octanol–water partition coefficient (Wildman–Crippen LogP) is 0.0204. The van der Waals surface area contributed by atoms with Gasteiger partial charge in [-0.15, -0.1) is 0 Å². The van der Waals surface area contributed by atoms with Gasteiger partial charge in [-0.05, 0) is 17.4 Å². The predicted molar refractivity (Wildman–Crippen MR) is 50.7 cm³/mol. The SMILES string of the molecule is N#CNC(=O)NS(=O)C(=O)N=NN=C=S. The fraction of sp³-hybridized carbons (Fsp3) is 0. The molecule has 2 N–H and O–H groups in total. The fourth-order valence-electron chi connectivity index (χ4n) is 0.318. The fourth-order valence-corrected chi connectivity index (χ4v) is 0.772. The van der Waals surface area contributed by atoms with Gasteiger partial charge in [-0.25, -0.2) is 19.0 Å². The highest BCUT2D eigenvalue weighted by Gasteiger charge is 2.13. The van der Waals surface area contributed by atoms with Crippen molar-refractivity contribution in [3.63, 3.8) is 0 Å². The van der Waals surface area contributed by atoms with E-state index in [4.69, 9.17) is 5.26 Å². The Bertz CT molecular complexity index is 405. The second kappa shape index (κ2) is 7.39. The Balaban J connectivity index is 4.23. The second-order valence-corrected chi connectivity index (χ2v) is 2.86. The number of nitrogens with zero attached hydrogens (tertiary/aromatic N) is 4. The molecule has 0 bridgehead atoms. The van der Waals surface area contributed by atoms with Crippen LogP contribution in [0.2, 0.25) is 0 Å². The van der Waals surface area contributed by atoms with E-state index in [-0.39, 0.29) is 0 Å². The number of amides is 3. The van der Waals surface area contributed by atoms with E-state index < -0.39 is 22.3 Å². The lowest BCUT2D eigenvalue weighted by atomic mass is 11.0. The molecule has 0 aromatic heterocycles. The summed E-state index contributed by atoms with van der Waals surface area (Å²) >= 11 is 4.10. The molecule has 0 aliphatic heterocycles. The Morgan fingerprint density at radius 3 is 2.67 bits per heavy atom. The van der Waals surface area contributed by atoms with Gasteiger partial charge < -0.3 is 0 Å². The van der Waals surface area contributed by atoms with E-state index in [0.717, 1.165) is 0 Å². The topological polar surface area (TPSA) is 136 Å². The van der Waals surface area contributed by atoms with E-state index in [1.165, 1.54) is 6.19 Å². The zero-order valence-corrected chi connectivity index (χ0v) is 8.46. The first-order valence-electron chi connectivity index (χ1n) is 3.01. The summed E-state index contributed by atoms with van der Waals surface area (Å²) in [5.74, 6) is 0. The molecule has 0 aliphatic carbocycles. The van der Waals surface area contributed by atoms with Crippen molar-refractivity contribution in [2.75, 3.05) is 0 Å². The molecule has 0 saturated carbocycles. The van der Waals surface area contributed by atoms with Gasteiger partial charge in [-0.2, -0.15) is 5.26 Å². The number of rotatable bonds is 1. The summed E-state index contributed by atoms with van der Waals surface area (Å²) in [6, 6.07) is -1.10. The summed E-state index contributed by atoms with van der Waals surface area (Å²) in [5, 5.41) is 18.6.